The largest absolute Gasteiger partial charge is 0.391 e. The molecule has 1 N–H and O–H groups in total. The lowest BCUT2D eigenvalue weighted by Gasteiger charge is -2.43. The predicted octanol–water partition coefficient (Wildman–Crippen LogP) is 1.37. The number of aliphatic hydroxyl groups excluding tert-OH is 1. The molecule has 1 saturated carbocycles. The Kier molecular flexibility index (Phi) is 3.63. The molecule has 1 aliphatic carbocycles. The van der Waals surface area contributed by atoms with Crippen LogP contribution in [0.3, 0.4) is 0 Å². The molecule has 0 amide bonds. The second-order valence-electron chi connectivity index (χ2n) is 6.04. The second kappa shape index (κ2) is 5.08. The first kappa shape index (κ1) is 12.9. The molecule has 2 saturated heterocycles. The van der Waals surface area contributed by atoms with Gasteiger partial charge in [0.2, 0.25) is 0 Å². The highest BCUT2D eigenvalue weighted by Gasteiger charge is 2.47. The molecule has 3 atom stereocenters. The van der Waals surface area contributed by atoms with Crippen molar-refractivity contribution in [2.24, 2.45) is 5.92 Å². The number of ether oxygens (including phenoxy) is 2. The van der Waals surface area contributed by atoms with Gasteiger partial charge in [0, 0.05) is 25.4 Å². The lowest BCUT2D eigenvalue weighted by Crippen LogP contribution is -2.52. The van der Waals surface area contributed by atoms with Gasteiger partial charge in [-0.3, -0.25) is 4.90 Å². The maximum Gasteiger partial charge on any atom is 0.170 e. The number of likely N-dealkylation sites (tertiary alicyclic amines) is 1. The highest BCUT2D eigenvalue weighted by molar-refractivity contribution is 4.95. The number of aliphatic hydroxyl groups is 1. The van der Waals surface area contributed by atoms with E-state index in [1.165, 1.54) is 12.8 Å². The Morgan fingerprint density at radius 3 is 2.72 bits per heavy atom. The van der Waals surface area contributed by atoms with E-state index in [0.717, 1.165) is 38.3 Å². The highest BCUT2D eigenvalue weighted by atomic mass is 16.7. The van der Waals surface area contributed by atoms with E-state index in [9.17, 15) is 5.11 Å². The summed E-state index contributed by atoms with van der Waals surface area (Å²) in [5, 5.41) is 10.3. The summed E-state index contributed by atoms with van der Waals surface area (Å²) in [6.45, 7) is 5.93. The first-order chi connectivity index (χ1) is 8.72. The highest BCUT2D eigenvalue weighted by Crippen LogP contribution is 2.39. The topological polar surface area (TPSA) is 41.9 Å². The lowest BCUT2D eigenvalue weighted by molar-refractivity contribution is -0.204. The Morgan fingerprint density at radius 2 is 2.06 bits per heavy atom. The van der Waals surface area contributed by atoms with Gasteiger partial charge in [0.15, 0.2) is 5.79 Å². The van der Waals surface area contributed by atoms with Crippen LogP contribution in [0.4, 0.5) is 0 Å². The van der Waals surface area contributed by atoms with Gasteiger partial charge in [-0.2, -0.15) is 0 Å². The molecule has 3 fully saturated rings. The zero-order valence-electron chi connectivity index (χ0n) is 11.3. The minimum atomic E-state index is -0.381. The lowest BCUT2D eigenvalue weighted by atomic mass is 9.86. The standard InChI is InChI=1S/C14H25NO3/c1-2-11-4-6-15(10-11)12-9-14(5-3-13(12)16)17-7-8-18-14/h11-13,16H,2-10H2,1H3. The fraction of sp³-hybridized carbons (Fsp3) is 1.00. The van der Waals surface area contributed by atoms with Crippen molar-refractivity contribution >= 4 is 0 Å². The number of hydrogen-bond donors (Lipinski definition) is 1. The van der Waals surface area contributed by atoms with Gasteiger partial charge in [-0.15, -0.1) is 0 Å². The zero-order chi connectivity index (χ0) is 12.6. The number of rotatable bonds is 2. The summed E-state index contributed by atoms with van der Waals surface area (Å²) in [6.07, 6.45) is 4.79. The maximum atomic E-state index is 10.3. The van der Waals surface area contributed by atoms with Crippen LogP contribution in [0.2, 0.25) is 0 Å². The fourth-order valence-corrected chi connectivity index (χ4v) is 3.75. The molecular weight excluding hydrogens is 230 g/mol. The quantitative estimate of drug-likeness (QED) is 0.809. The van der Waals surface area contributed by atoms with Gasteiger partial charge < -0.3 is 14.6 Å². The molecular formula is C14H25NO3. The predicted molar refractivity (Wildman–Crippen MR) is 68.3 cm³/mol. The van der Waals surface area contributed by atoms with E-state index in [1.54, 1.807) is 0 Å². The summed E-state index contributed by atoms with van der Waals surface area (Å²) in [7, 11) is 0. The Balaban J connectivity index is 1.66. The molecule has 0 aromatic rings. The minimum Gasteiger partial charge on any atom is -0.391 e. The van der Waals surface area contributed by atoms with Gasteiger partial charge in [0.05, 0.1) is 19.3 Å². The summed E-state index contributed by atoms with van der Waals surface area (Å²) >= 11 is 0. The average molecular weight is 255 g/mol. The third-order valence-corrected chi connectivity index (χ3v) is 4.96. The van der Waals surface area contributed by atoms with Crippen molar-refractivity contribution in [2.75, 3.05) is 26.3 Å². The Hall–Kier alpha value is -0.160. The van der Waals surface area contributed by atoms with Crippen LogP contribution >= 0.6 is 0 Å². The van der Waals surface area contributed by atoms with Gasteiger partial charge in [-0.1, -0.05) is 13.3 Å². The molecule has 4 nitrogen and oxygen atoms in total. The summed E-state index contributed by atoms with van der Waals surface area (Å²) < 4.78 is 11.6. The van der Waals surface area contributed by atoms with Crippen LogP contribution in [0.25, 0.3) is 0 Å². The number of nitrogens with zero attached hydrogens (tertiary/aromatic N) is 1. The maximum absolute atomic E-state index is 10.3. The van der Waals surface area contributed by atoms with Gasteiger partial charge in [-0.25, -0.2) is 0 Å². The van der Waals surface area contributed by atoms with E-state index >= 15 is 0 Å². The normalized spacial score (nSPS) is 40.7. The molecule has 0 aromatic carbocycles. The third-order valence-electron chi connectivity index (χ3n) is 4.96. The van der Waals surface area contributed by atoms with Crippen molar-refractivity contribution in [3.8, 4) is 0 Å². The second-order valence-corrected chi connectivity index (χ2v) is 6.04. The van der Waals surface area contributed by atoms with Crippen molar-refractivity contribution in [1.29, 1.82) is 0 Å². The third kappa shape index (κ3) is 2.31. The Labute approximate surface area is 109 Å². The molecule has 3 rings (SSSR count). The zero-order valence-corrected chi connectivity index (χ0v) is 11.3. The Bertz CT molecular complexity index is 291. The van der Waals surface area contributed by atoms with E-state index in [2.05, 4.69) is 11.8 Å². The van der Waals surface area contributed by atoms with Crippen LogP contribution in [0.5, 0.6) is 0 Å². The van der Waals surface area contributed by atoms with Gasteiger partial charge in [0.1, 0.15) is 0 Å². The summed E-state index contributed by atoms with van der Waals surface area (Å²) in [6, 6.07) is 0.230. The van der Waals surface area contributed by atoms with Crippen LogP contribution < -0.4 is 0 Å². The van der Waals surface area contributed by atoms with Gasteiger partial charge in [0.25, 0.3) is 0 Å². The van der Waals surface area contributed by atoms with Crippen molar-refractivity contribution in [3.63, 3.8) is 0 Å². The smallest absolute Gasteiger partial charge is 0.170 e. The van der Waals surface area contributed by atoms with E-state index < -0.39 is 0 Å². The van der Waals surface area contributed by atoms with Crippen molar-refractivity contribution in [3.05, 3.63) is 0 Å². The molecule has 1 spiro atoms. The first-order valence-corrected chi connectivity index (χ1v) is 7.42. The molecule has 3 unspecified atom stereocenters. The summed E-state index contributed by atoms with van der Waals surface area (Å²) in [5.41, 5.74) is 0. The molecule has 0 aromatic heterocycles. The SMILES string of the molecule is CCC1CCN(C2CC3(CCC2O)OCCO3)C1. The van der Waals surface area contributed by atoms with Crippen LogP contribution in [-0.2, 0) is 9.47 Å². The fourth-order valence-electron chi connectivity index (χ4n) is 3.75. The molecule has 104 valence electrons. The van der Waals surface area contributed by atoms with E-state index in [1.807, 2.05) is 0 Å². The summed E-state index contributed by atoms with van der Waals surface area (Å²) in [5.74, 6) is 0.425. The molecule has 4 heteroatoms. The van der Waals surface area contributed by atoms with Crippen molar-refractivity contribution in [1.82, 2.24) is 4.90 Å². The van der Waals surface area contributed by atoms with Crippen LogP contribution in [0.1, 0.15) is 39.0 Å². The molecule has 0 radical (unpaired) electrons. The van der Waals surface area contributed by atoms with E-state index in [-0.39, 0.29) is 17.9 Å². The van der Waals surface area contributed by atoms with Gasteiger partial charge in [-0.05, 0) is 25.3 Å². The van der Waals surface area contributed by atoms with E-state index in [0.29, 0.717) is 13.2 Å². The summed E-state index contributed by atoms with van der Waals surface area (Å²) in [4.78, 5) is 2.46. The Morgan fingerprint density at radius 1 is 1.28 bits per heavy atom. The molecule has 3 aliphatic rings. The van der Waals surface area contributed by atoms with Gasteiger partial charge >= 0.3 is 0 Å². The first-order valence-electron chi connectivity index (χ1n) is 7.42. The average Bonchev–Trinajstić information content (AvgIpc) is 3.02. The molecule has 2 heterocycles. The minimum absolute atomic E-state index is 0.209. The molecule has 18 heavy (non-hydrogen) atoms. The van der Waals surface area contributed by atoms with Crippen molar-refractivity contribution < 1.29 is 14.6 Å². The van der Waals surface area contributed by atoms with Crippen LogP contribution in [0.15, 0.2) is 0 Å². The molecule has 2 aliphatic heterocycles. The van der Waals surface area contributed by atoms with E-state index in [4.69, 9.17) is 9.47 Å². The van der Waals surface area contributed by atoms with Crippen molar-refractivity contribution in [2.45, 2.75) is 57.0 Å². The molecule has 0 bridgehead atoms. The number of hydrogen-bond acceptors (Lipinski definition) is 4. The monoisotopic (exact) mass is 255 g/mol. The van der Waals surface area contributed by atoms with Crippen LogP contribution in [0, 0.1) is 5.92 Å². The van der Waals surface area contributed by atoms with Crippen LogP contribution in [-0.4, -0.2) is 54.2 Å².